The Morgan fingerprint density at radius 2 is 1.83 bits per heavy atom. The highest BCUT2D eigenvalue weighted by molar-refractivity contribution is 5.05. The number of ether oxygens (including phenoxy) is 1. The van der Waals surface area contributed by atoms with Gasteiger partial charge in [0.05, 0.1) is 17.8 Å². The first-order chi connectivity index (χ1) is 8.15. The van der Waals surface area contributed by atoms with E-state index in [1.54, 1.807) is 0 Å². The summed E-state index contributed by atoms with van der Waals surface area (Å²) in [6.07, 6.45) is 0. The number of nitrogens with one attached hydrogen (secondary N) is 1. The second-order valence-corrected chi connectivity index (χ2v) is 6.65. The summed E-state index contributed by atoms with van der Waals surface area (Å²) >= 11 is 0. The summed E-state index contributed by atoms with van der Waals surface area (Å²) in [6.45, 7) is 11.8. The monoisotopic (exact) mass is 258 g/mol. The van der Waals surface area contributed by atoms with Crippen LogP contribution in [0.15, 0.2) is 0 Å². The predicted octanol–water partition coefficient (Wildman–Crippen LogP) is 1.09. The summed E-state index contributed by atoms with van der Waals surface area (Å²) in [4.78, 5) is 2.21. The molecule has 1 aliphatic heterocycles. The van der Waals surface area contributed by atoms with Crippen molar-refractivity contribution in [2.75, 3.05) is 27.2 Å². The second-order valence-electron chi connectivity index (χ2n) is 6.65. The molecule has 3 atom stereocenters. The fraction of sp³-hybridized carbons (Fsp3) is 1.00. The summed E-state index contributed by atoms with van der Waals surface area (Å²) in [5.74, 6) is 0.400. The predicted molar refractivity (Wildman–Crippen MR) is 74.8 cm³/mol. The van der Waals surface area contributed by atoms with E-state index < -0.39 is 0 Å². The fourth-order valence-electron chi connectivity index (χ4n) is 3.21. The van der Waals surface area contributed by atoms with Crippen molar-refractivity contribution in [3.05, 3.63) is 0 Å². The van der Waals surface area contributed by atoms with Gasteiger partial charge in [-0.05, 0) is 48.7 Å². The van der Waals surface area contributed by atoms with Crippen molar-refractivity contribution < 1.29 is 9.84 Å². The Hall–Kier alpha value is -0.160. The van der Waals surface area contributed by atoms with Crippen LogP contribution in [0, 0.1) is 5.92 Å². The molecule has 0 amide bonds. The maximum Gasteiger partial charge on any atom is 0.0790 e. The Bertz CT molecular complexity index is 279. The Labute approximate surface area is 112 Å². The third-order valence-electron chi connectivity index (χ3n) is 4.38. The molecule has 0 aromatic rings. The van der Waals surface area contributed by atoms with Gasteiger partial charge in [-0.3, -0.25) is 0 Å². The lowest BCUT2D eigenvalue weighted by Gasteiger charge is -2.34. The van der Waals surface area contributed by atoms with Crippen molar-refractivity contribution in [1.29, 1.82) is 0 Å². The number of aliphatic hydroxyl groups is 1. The van der Waals surface area contributed by atoms with Crippen molar-refractivity contribution in [1.82, 2.24) is 10.2 Å². The van der Waals surface area contributed by atoms with Crippen LogP contribution < -0.4 is 5.32 Å². The SMILES string of the molecule is CNC1C(CN(C)C(C)CO)C(C)(C)OC1(C)C. The fourth-order valence-corrected chi connectivity index (χ4v) is 3.21. The summed E-state index contributed by atoms with van der Waals surface area (Å²) in [5.41, 5.74) is -0.313. The van der Waals surface area contributed by atoms with Crippen molar-refractivity contribution >= 4 is 0 Å². The third-order valence-corrected chi connectivity index (χ3v) is 4.38. The molecule has 0 bridgehead atoms. The van der Waals surface area contributed by atoms with Gasteiger partial charge in [0.25, 0.3) is 0 Å². The van der Waals surface area contributed by atoms with Crippen LogP contribution in [0.2, 0.25) is 0 Å². The molecule has 1 heterocycles. The summed E-state index contributed by atoms with van der Waals surface area (Å²) < 4.78 is 6.21. The van der Waals surface area contributed by atoms with Crippen LogP contribution in [0.4, 0.5) is 0 Å². The minimum absolute atomic E-state index is 0.152. The van der Waals surface area contributed by atoms with Crippen LogP contribution in [0.3, 0.4) is 0 Å². The molecular weight excluding hydrogens is 228 g/mol. The van der Waals surface area contributed by atoms with Gasteiger partial charge in [-0.2, -0.15) is 0 Å². The highest BCUT2D eigenvalue weighted by Crippen LogP contribution is 2.42. The number of aliphatic hydroxyl groups excluding tert-OH is 1. The van der Waals surface area contributed by atoms with E-state index in [2.05, 4.69) is 45.0 Å². The molecule has 0 radical (unpaired) electrons. The maximum atomic E-state index is 9.25. The van der Waals surface area contributed by atoms with Crippen molar-refractivity contribution in [2.45, 2.75) is 57.9 Å². The number of likely N-dealkylation sites (N-methyl/N-ethyl adjacent to an activating group) is 2. The van der Waals surface area contributed by atoms with Gasteiger partial charge in [-0.15, -0.1) is 0 Å². The van der Waals surface area contributed by atoms with Gasteiger partial charge in [0.15, 0.2) is 0 Å². The average Bonchev–Trinajstić information content (AvgIpc) is 2.42. The van der Waals surface area contributed by atoms with Gasteiger partial charge < -0.3 is 20.1 Å². The maximum absolute atomic E-state index is 9.25. The van der Waals surface area contributed by atoms with Crippen molar-refractivity contribution in [3.63, 3.8) is 0 Å². The molecule has 0 spiro atoms. The Balaban J connectivity index is 2.84. The van der Waals surface area contributed by atoms with Gasteiger partial charge >= 0.3 is 0 Å². The van der Waals surface area contributed by atoms with Gasteiger partial charge in [-0.25, -0.2) is 0 Å². The molecule has 1 rings (SSSR count). The van der Waals surface area contributed by atoms with E-state index in [1.807, 2.05) is 14.0 Å². The molecule has 0 saturated carbocycles. The smallest absolute Gasteiger partial charge is 0.0790 e. The van der Waals surface area contributed by atoms with E-state index in [1.165, 1.54) is 0 Å². The third kappa shape index (κ3) is 3.05. The second kappa shape index (κ2) is 5.45. The van der Waals surface area contributed by atoms with E-state index in [0.29, 0.717) is 12.0 Å². The molecule has 1 fully saturated rings. The lowest BCUT2D eigenvalue weighted by Crippen LogP contribution is -2.50. The highest BCUT2D eigenvalue weighted by Gasteiger charge is 2.53. The van der Waals surface area contributed by atoms with Gasteiger partial charge in [0.2, 0.25) is 0 Å². The highest BCUT2D eigenvalue weighted by atomic mass is 16.5. The summed E-state index contributed by atoms with van der Waals surface area (Å²) in [5, 5.41) is 12.7. The first kappa shape index (κ1) is 15.9. The van der Waals surface area contributed by atoms with E-state index in [-0.39, 0.29) is 23.9 Å². The van der Waals surface area contributed by atoms with Crippen LogP contribution in [0.5, 0.6) is 0 Å². The Morgan fingerprint density at radius 3 is 2.28 bits per heavy atom. The molecular formula is C14H30N2O2. The van der Waals surface area contributed by atoms with Crippen molar-refractivity contribution in [3.8, 4) is 0 Å². The molecule has 18 heavy (non-hydrogen) atoms. The molecule has 3 unspecified atom stereocenters. The van der Waals surface area contributed by atoms with Crippen LogP contribution in [0.25, 0.3) is 0 Å². The van der Waals surface area contributed by atoms with Crippen LogP contribution in [-0.4, -0.2) is 60.5 Å². The molecule has 1 saturated heterocycles. The lowest BCUT2D eigenvalue weighted by molar-refractivity contribution is -0.0798. The average molecular weight is 258 g/mol. The normalized spacial score (nSPS) is 31.8. The first-order valence-corrected chi connectivity index (χ1v) is 6.84. The van der Waals surface area contributed by atoms with E-state index in [0.717, 1.165) is 6.54 Å². The Morgan fingerprint density at radius 1 is 1.28 bits per heavy atom. The van der Waals surface area contributed by atoms with E-state index in [9.17, 15) is 5.11 Å². The molecule has 0 aromatic carbocycles. The zero-order chi connectivity index (χ0) is 14.1. The molecule has 2 N–H and O–H groups in total. The molecule has 108 valence electrons. The zero-order valence-corrected chi connectivity index (χ0v) is 12.9. The van der Waals surface area contributed by atoms with Crippen molar-refractivity contribution in [2.24, 2.45) is 5.92 Å². The minimum Gasteiger partial charge on any atom is -0.395 e. The number of nitrogens with zero attached hydrogens (tertiary/aromatic N) is 1. The molecule has 0 aliphatic carbocycles. The number of rotatable bonds is 5. The lowest BCUT2D eigenvalue weighted by atomic mass is 9.82. The van der Waals surface area contributed by atoms with Crippen LogP contribution in [0.1, 0.15) is 34.6 Å². The molecule has 4 heteroatoms. The van der Waals surface area contributed by atoms with Crippen LogP contribution >= 0.6 is 0 Å². The molecule has 1 aliphatic rings. The number of hydrogen-bond donors (Lipinski definition) is 2. The van der Waals surface area contributed by atoms with Gasteiger partial charge in [0.1, 0.15) is 0 Å². The summed E-state index contributed by atoms with van der Waals surface area (Å²) in [7, 11) is 4.06. The zero-order valence-electron chi connectivity index (χ0n) is 12.9. The minimum atomic E-state index is -0.161. The van der Waals surface area contributed by atoms with Gasteiger partial charge in [-0.1, -0.05) is 0 Å². The largest absolute Gasteiger partial charge is 0.395 e. The topological polar surface area (TPSA) is 44.7 Å². The van der Waals surface area contributed by atoms with E-state index in [4.69, 9.17) is 4.74 Å². The van der Waals surface area contributed by atoms with Gasteiger partial charge in [0, 0.05) is 24.5 Å². The number of hydrogen-bond acceptors (Lipinski definition) is 4. The van der Waals surface area contributed by atoms with Crippen LogP contribution in [-0.2, 0) is 4.74 Å². The van der Waals surface area contributed by atoms with E-state index >= 15 is 0 Å². The summed E-state index contributed by atoms with van der Waals surface area (Å²) in [6, 6.07) is 0.503. The quantitative estimate of drug-likeness (QED) is 0.775. The standard InChI is InChI=1S/C14H30N2O2/c1-10(9-17)16(7)8-11-12(15-6)14(4,5)18-13(11,2)3/h10-12,15,17H,8-9H2,1-7H3. The molecule has 0 aromatic heterocycles. The molecule has 4 nitrogen and oxygen atoms in total. The first-order valence-electron chi connectivity index (χ1n) is 6.84. The Kier molecular flexibility index (Phi) is 4.81.